The molecule has 2 heterocycles. The van der Waals surface area contributed by atoms with Crippen molar-refractivity contribution in [3.63, 3.8) is 0 Å². The number of urea groups is 1. The number of carbonyl (C=O) groups is 4. The standard InChI is InChI=1S/C22H29N5O9S/c28-19(12-14-6-9-17(10-7-14)35-21(30)23-15-4-2-1-3-5-15)24-25-20(29)18-11-8-16-13-26(18)22(31)27(16)36-37(32,33)34/h6-7,9-10,15-16,18H,1-5,8,11-13H2,(H,23,30)(H,24,28)(H,25,29)(H,32,33,34). The minimum absolute atomic E-state index is 0.0352. The molecule has 4 rings (SSSR count). The van der Waals surface area contributed by atoms with Gasteiger partial charge in [0.2, 0.25) is 5.91 Å². The first-order chi connectivity index (χ1) is 17.6. The maximum absolute atomic E-state index is 12.6. The van der Waals surface area contributed by atoms with Crippen LogP contribution < -0.4 is 20.9 Å². The number of carbonyl (C=O) groups excluding carboxylic acids is 4. The molecule has 0 radical (unpaired) electrons. The number of fused-ring (bicyclic) bond motifs is 2. The molecule has 15 heteroatoms. The number of nitrogens with one attached hydrogen (secondary N) is 3. The molecular formula is C22H29N5O9S. The fraction of sp³-hybridized carbons (Fsp3) is 0.545. The number of hydrogen-bond donors (Lipinski definition) is 4. The summed E-state index contributed by atoms with van der Waals surface area (Å²) < 4.78 is 40.4. The normalized spacial score (nSPS) is 21.9. The van der Waals surface area contributed by atoms with E-state index in [9.17, 15) is 27.6 Å². The van der Waals surface area contributed by atoms with Crippen LogP contribution in [0.2, 0.25) is 0 Å². The fourth-order valence-electron chi connectivity index (χ4n) is 4.77. The van der Waals surface area contributed by atoms with Crippen LogP contribution in [0.15, 0.2) is 24.3 Å². The number of rotatable bonds is 7. The number of amides is 5. The van der Waals surface area contributed by atoms with Crippen LogP contribution in [0.1, 0.15) is 50.5 Å². The van der Waals surface area contributed by atoms with Gasteiger partial charge in [-0.3, -0.25) is 25.0 Å². The Morgan fingerprint density at radius 3 is 2.38 bits per heavy atom. The third kappa shape index (κ3) is 7.08. The number of nitrogens with zero attached hydrogens (tertiary/aromatic N) is 2. The van der Waals surface area contributed by atoms with Crippen LogP contribution in [0.3, 0.4) is 0 Å². The Kier molecular flexibility index (Phi) is 8.14. The number of piperidine rings is 1. The van der Waals surface area contributed by atoms with Gasteiger partial charge in [-0.1, -0.05) is 31.4 Å². The van der Waals surface area contributed by atoms with Crippen LogP contribution in [0.5, 0.6) is 5.75 Å². The van der Waals surface area contributed by atoms with E-state index in [1.807, 2.05) is 0 Å². The molecule has 1 aromatic carbocycles. The Labute approximate surface area is 213 Å². The SMILES string of the molecule is O=C(Cc1ccc(OC(=O)NC2CCCCC2)cc1)NNC(=O)C1CCC2CN1C(=O)N2OS(=O)(=O)O. The highest BCUT2D eigenvalue weighted by Crippen LogP contribution is 2.30. The van der Waals surface area contributed by atoms with Crippen LogP contribution in [0.4, 0.5) is 9.59 Å². The smallest absolute Gasteiger partial charge is 0.410 e. The van der Waals surface area contributed by atoms with Gasteiger partial charge >= 0.3 is 22.5 Å². The quantitative estimate of drug-likeness (QED) is 0.287. The summed E-state index contributed by atoms with van der Waals surface area (Å²) in [5, 5.41) is 3.39. The molecule has 2 atom stereocenters. The maximum Gasteiger partial charge on any atom is 0.418 e. The summed E-state index contributed by atoms with van der Waals surface area (Å²) in [6.07, 6.45) is 5.12. The van der Waals surface area contributed by atoms with Crippen LogP contribution in [0, 0.1) is 0 Å². The summed E-state index contributed by atoms with van der Waals surface area (Å²) in [6, 6.07) is 4.06. The second kappa shape index (κ2) is 11.3. The first-order valence-electron chi connectivity index (χ1n) is 12.0. The van der Waals surface area contributed by atoms with E-state index >= 15 is 0 Å². The molecule has 2 unspecified atom stereocenters. The molecule has 1 aliphatic carbocycles. The molecule has 2 bridgehead atoms. The van der Waals surface area contributed by atoms with Crippen molar-refractivity contribution in [2.45, 2.75) is 69.5 Å². The largest absolute Gasteiger partial charge is 0.418 e. The van der Waals surface area contributed by atoms with Crippen LogP contribution in [0.25, 0.3) is 0 Å². The fourth-order valence-corrected chi connectivity index (χ4v) is 5.16. The summed E-state index contributed by atoms with van der Waals surface area (Å²) in [5.41, 5.74) is 5.18. The van der Waals surface area contributed by atoms with Crippen molar-refractivity contribution in [3.8, 4) is 5.75 Å². The van der Waals surface area contributed by atoms with Gasteiger partial charge in [0.05, 0.1) is 12.5 Å². The third-order valence-corrected chi connectivity index (χ3v) is 6.90. The van der Waals surface area contributed by atoms with E-state index in [1.165, 1.54) is 6.42 Å². The Bertz CT molecular complexity index is 1140. The van der Waals surface area contributed by atoms with E-state index in [1.54, 1.807) is 24.3 Å². The molecule has 3 aliphatic rings. The minimum atomic E-state index is -4.89. The number of benzene rings is 1. The molecule has 202 valence electrons. The Morgan fingerprint density at radius 2 is 1.70 bits per heavy atom. The van der Waals surface area contributed by atoms with Gasteiger partial charge in [0.1, 0.15) is 11.8 Å². The number of hydrazine groups is 1. The molecule has 0 spiro atoms. The molecule has 0 aromatic heterocycles. The number of hydrogen-bond acceptors (Lipinski definition) is 8. The predicted octanol–water partition coefficient (Wildman–Crippen LogP) is 0.801. The maximum atomic E-state index is 12.6. The molecule has 4 N–H and O–H groups in total. The van der Waals surface area contributed by atoms with Gasteiger partial charge < -0.3 is 15.0 Å². The highest BCUT2D eigenvalue weighted by Gasteiger charge is 2.49. The predicted molar refractivity (Wildman–Crippen MR) is 126 cm³/mol. The summed E-state index contributed by atoms with van der Waals surface area (Å²) >= 11 is 0. The van der Waals surface area contributed by atoms with Crippen LogP contribution in [-0.2, 0) is 30.7 Å². The average Bonchev–Trinajstić information content (AvgIpc) is 3.08. The lowest BCUT2D eigenvalue weighted by Gasteiger charge is -2.29. The van der Waals surface area contributed by atoms with Crippen molar-refractivity contribution in [3.05, 3.63) is 29.8 Å². The van der Waals surface area contributed by atoms with Crippen LogP contribution in [-0.4, -0.2) is 71.5 Å². The van der Waals surface area contributed by atoms with E-state index in [4.69, 9.17) is 9.29 Å². The molecule has 1 aromatic rings. The first kappa shape index (κ1) is 26.6. The van der Waals surface area contributed by atoms with Crippen molar-refractivity contribution < 1.29 is 41.2 Å². The van der Waals surface area contributed by atoms with E-state index in [0.717, 1.165) is 30.6 Å². The van der Waals surface area contributed by atoms with E-state index in [0.29, 0.717) is 16.4 Å². The van der Waals surface area contributed by atoms with Crippen molar-refractivity contribution in [1.29, 1.82) is 0 Å². The van der Waals surface area contributed by atoms with Crippen molar-refractivity contribution in [2.24, 2.45) is 0 Å². The van der Waals surface area contributed by atoms with Gasteiger partial charge in [-0.15, -0.1) is 4.28 Å². The lowest BCUT2D eigenvalue weighted by molar-refractivity contribution is -0.131. The summed E-state index contributed by atoms with van der Waals surface area (Å²) in [4.78, 5) is 50.4. The van der Waals surface area contributed by atoms with Gasteiger partial charge in [0, 0.05) is 12.6 Å². The summed E-state index contributed by atoms with van der Waals surface area (Å²) in [5.74, 6) is -0.833. The first-order valence-corrected chi connectivity index (χ1v) is 13.4. The second-order valence-corrected chi connectivity index (χ2v) is 10.2. The second-order valence-electron chi connectivity index (χ2n) is 9.24. The van der Waals surface area contributed by atoms with Crippen molar-refractivity contribution in [1.82, 2.24) is 26.1 Å². The van der Waals surface area contributed by atoms with Gasteiger partial charge in [-0.05, 0) is 43.4 Å². The number of hydroxylamine groups is 2. The molecule has 1 saturated carbocycles. The molecular weight excluding hydrogens is 510 g/mol. The van der Waals surface area contributed by atoms with Gasteiger partial charge in [-0.2, -0.15) is 13.5 Å². The zero-order valence-corrected chi connectivity index (χ0v) is 20.7. The summed E-state index contributed by atoms with van der Waals surface area (Å²) in [7, 11) is -4.89. The molecule has 2 aliphatic heterocycles. The lowest BCUT2D eigenvalue weighted by Crippen LogP contribution is -2.54. The van der Waals surface area contributed by atoms with E-state index in [-0.39, 0.29) is 31.8 Å². The van der Waals surface area contributed by atoms with Crippen molar-refractivity contribution in [2.75, 3.05) is 6.54 Å². The summed E-state index contributed by atoms with van der Waals surface area (Å²) in [6.45, 7) is 0.0352. The lowest BCUT2D eigenvalue weighted by atomic mass is 9.96. The number of ether oxygens (including phenoxy) is 1. The topological polar surface area (TPSA) is 184 Å². The highest BCUT2D eigenvalue weighted by atomic mass is 32.3. The highest BCUT2D eigenvalue weighted by molar-refractivity contribution is 7.80. The molecule has 14 nitrogen and oxygen atoms in total. The van der Waals surface area contributed by atoms with Crippen LogP contribution >= 0.6 is 0 Å². The minimum Gasteiger partial charge on any atom is -0.410 e. The van der Waals surface area contributed by atoms with E-state index < -0.39 is 46.4 Å². The van der Waals surface area contributed by atoms with Gasteiger partial charge in [0.15, 0.2) is 0 Å². The monoisotopic (exact) mass is 539 g/mol. The Balaban J connectivity index is 1.21. The molecule has 5 amide bonds. The zero-order chi connectivity index (χ0) is 26.6. The molecule has 3 fully saturated rings. The van der Waals surface area contributed by atoms with Gasteiger partial charge in [0.25, 0.3) is 5.91 Å². The van der Waals surface area contributed by atoms with Crippen molar-refractivity contribution >= 4 is 34.3 Å². The molecule has 37 heavy (non-hydrogen) atoms. The Morgan fingerprint density at radius 1 is 1.00 bits per heavy atom. The van der Waals surface area contributed by atoms with Gasteiger partial charge in [-0.25, -0.2) is 9.59 Å². The Hall–Kier alpha value is -3.43. The average molecular weight is 540 g/mol. The third-order valence-electron chi connectivity index (χ3n) is 6.55. The zero-order valence-electron chi connectivity index (χ0n) is 19.9. The molecule has 2 saturated heterocycles. The van der Waals surface area contributed by atoms with E-state index in [2.05, 4.69) is 20.5 Å².